The van der Waals surface area contributed by atoms with Crippen molar-refractivity contribution in [2.45, 2.75) is 24.8 Å². The van der Waals surface area contributed by atoms with Gasteiger partial charge < -0.3 is 14.8 Å². The summed E-state index contributed by atoms with van der Waals surface area (Å²) in [7, 11) is -3.91. The van der Waals surface area contributed by atoms with Crippen LogP contribution in [0.4, 0.5) is 4.39 Å². The van der Waals surface area contributed by atoms with Crippen molar-refractivity contribution in [3.8, 4) is 11.8 Å². The Morgan fingerprint density at radius 3 is 2.60 bits per heavy atom. The zero-order valence-corrected chi connectivity index (χ0v) is 21.4. The molecule has 1 atom stereocenters. The number of nitrogens with zero attached hydrogens (tertiary/aromatic N) is 2. The van der Waals surface area contributed by atoms with Gasteiger partial charge in [-0.25, -0.2) is 12.8 Å². The summed E-state index contributed by atoms with van der Waals surface area (Å²) in [6, 6.07) is 9.12. The Hall–Kier alpha value is -2.42. The van der Waals surface area contributed by atoms with Crippen LogP contribution in [0.25, 0.3) is 0 Å². The van der Waals surface area contributed by atoms with Crippen molar-refractivity contribution in [3.05, 3.63) is 57.8 Å². The van der Waals surface area contributed by atoms with Crippen molar-refractivity contribution >= 4 is 39.2 Å². The Bertz CT molecular complexity index is 1250. The third-order valence-corrected chi connectivity index (χ3v) is 8.07. The van der Waals surface area contributed by atoms with Crippen LogP contribution in [0.2, 0.25) is 10.0 Å². The number of nitriles is 1. The Labute approximate surface area is 213 Å². The molecule has 0 aromatic heterocycles. The maximum atomic E-state index is 14.0. The number of esters is 1. The summed E-state index contributed by atoms with van der Waals surface area (Å²) in [6.07, 6.45) is 0. The number of sulfonamides is 1. The van der Waals surface area contributed by atoms with E-state index >= 15 is 0 Å². The van der Waals surface area contributed by atoms with E-state index in [-0.39, 0.29) is 54.1 Å². The molecular formula is C23H24Cl2FN3O5S. The highest BCUT2D eigenvalue weighted by atomic mass is 35.5. The molecule has 0 amide bonds. The van der Waals surface area contributed by atoms with Crippen molar-refractivity contribution in [2.24, 2.45) is 5.41 Å². The summed E-state index contributed by atoms with van der Waals surface area (Å²) in [6.45, 7) is 3.96. The van der Waals surface area contributed by atoms with E-state index in [0.29, 0.717) is 5.02 Å². The molecule has 0 spiro atoms. The van der Waals surface area contributed by atoms with Crippen LogP contribution in [-0.2, 0) is 19.6 Å². The summed E-state index contributed by atoms with van der Waals surface area (Å²) in [4.78, 5) is 11.9. The molecule has 1 aliphatic heterocycles. The van der Waals surface area contributed by atoms with Crippen molar-refractivity contribution in [3.63, 3.8) is 0 Å². The maximum Gasteiger partial charge on any atom is 0.322 e. The number of hydrogen-bond acceptors (Lipinski definition) is 7. The molecule has 188 valence electrons. The maximum absolute atomic E-state index is 14.0. The second-order valence-corrected chi connectivity index (χ2v) is 11.0. The van der Waals surface area contributed by atoms with Crippen molar-refractivity contribution in [1.82, 2.24) is 9.62 Å². The lowest BCUT2D eigenvalue weighted by Gasteiger charge is -2.49. The highest BCUT2D eigenvalue weighted by Gasteiger charge is 2.49. The first-order valence-electron chi connectivity index (χ1n) is 10.7. The molecule has 12 heteroatoms. The van der Waals surface area contributed by atoms with Crippen LogP contribution in [0.3, 0.4) is 0 Å². The first-order chi connectivity index (χ1) is 16.5. The fraction of sp³-hybridized carbons (Fsp3) is 0.391. The SMILES string of the molecule is CCOC(=O)C(C)NCC1(COc2ccc(C#N)c(F)c2)CN(S(=O)(=O)c2ccc(Cl)cc2Cl)C1. The summed E-state index contributed by atoms with van der Waals surface area (Å²) >= 11 is 12.0. The fourth-order valence-electron chi connectivity index (χ4n) is 3.58. The minimum atomic E-state index is -3.91. The van der Waals surface area contributed by atoms with Gasteiger partial charge in [-0.2, -0.15) is 9.57 Å². The molecule has 2 aromatic rings. The van der Waals surface area contributed by atoms with Crippen molar-refractivity contribution in [1.29, 1.82) is 5.26 Å². The summed E-state index contributed by atoms with van der Waals surface area (Å²) in [5.74, 6) is -0.959. The molecule has 0 bridgehead atoms. The third-order valence-electron chi connectivity index (χ3n) is 5.56. The average molecular weight is 544 g/mol. The summed E-state index contributed by atoms with van der Waals surface area (Å²) < 4.78 is 52.3. The van der Waals surface area contributed by atoms with E-state index in [1.54, 1.807) is 19.9 Å². The molecule has 35 heavy (non-hydrogen) atoms. The molecule has 1 N–H and O–H groups in total. The fourth-order valence-corrected chi connectivity index (χ4v) is 5.99. The molecule has 2 aromatic carbocycles. The van der Waals surface area contributed by atoms with Crippen LogP contribution < -0.4 is 10.1 Å². The highest BCUT2D eigenvalue weighted by molar-refractivity contribution is 7.89. The van der Waals surface area contributed by atoms with E-state index in [0.717, 1.165) is 6.07 Å². The number of benzene rings is 2. The first kappa shape index (κ1) is 27.2. The van der Waals surface area contributed by atoms with Crippen LogP contribution in [0, 0.1) is 22.6 Å². The van der Waals surface area contributed by atoms with Gasteiger partial charge in [0, 0.05) is 36.1 Å². The first-order valence-corrected chi connectivity index (χ1v) is 12.9. The van der Waals surface area contributed by atoms with Gasteiger partial charge in [0.25, 0.3) is 0 Å². The van der Waals surface area contributed by atoms with Gasteiger partial charge in [0.1, 0.15) is 28.6 Å². The summed E-state index contributed by atoms with van der Waals surface area (Å²) in [5, 5.41) is 12.3. The average Bonchev–Trinajstić information content (AvgIpc) is 2.77. The topological polar surface area (TPSA) is 109 Å². The summed E-state index contributed by atoms with van der Waals surface area (Å²) in [5.41, 5.74) is -0.838. The molecule has 0 aliphatic carbocycles. The normalized spacial score (nSPS) is 16.1. The van der Waals surface area contributed by atoms with Crippen molar-refractivity contribution in [2.75, 3.05) is 32.8 Å². The minimum Gasteiger partial charge on any atom is -0.493 e. The van der Waals surface area contributed by atoms with Crippen LogP contribution in [-0.4, -0.2) is 57.6 Å². The molecule has 1 unspecified atom stereocenters. The molecule has 1 heterocycles. The Kier molecular flexibility index (Phi) is 8.62. The molecule has 1 saturated heterocycles. The van der Waals surface area contributed by atoms with Gasteiger partial charge in [0.15, 0.2) is 0 Å². The van der Waals surface area contributed by atoms with E-state index in [1.807, 2.05) is 0 Å². The molecular weight excluding hydrogens is 520 g/mol. The Balaban J connectivity index is 1.77. The van der Waals surface area contributed by atoms with Crippen LogP contribution in [0.5, 0.6) is 5.75 Å². The lowest BCUT2D eigenvalue weighted by Crippen LogP contribution is -2.65. The van der Waals surface area contributed by atoms with E-state index < -0.39 is 33.3 Å². The van der Waals surface area contributed by atoms with Gasteiger partial charge in [-0.1, -0.05) is 23.2 Å². The number of hydrogen-bond donors (Lipinski definition) is 1. The van der Waals surface area contributed by atoms with Gasteiger partial charge in [-0.15, -0.1) is 0 Å². The smallest absolute Gasteiger partial charge is 0.322 e. The van der Waals surface area contributed by atoms with Gasteiger partial charge >= 0.3 is 5.97 Å². The van der Waals surface area contributed by atoms with E-state index in [4.69, 9.17) is 37.9 Å². The molecule has 0 saturated carbocycles. The largest absolute Gasteiger partial charge is 0.493 e. The van der Waals surface area contributed by atoms with Gasteiger partial charge in [0.05, 0.1) is 23.8 Å². The zero-order chi connectivity index (χ0) is 25.8. The van der Waals surface area contributed by atoms with Gasteiger partial charge in [-0.05, 0) is 44.2 Å². The second kappa shape index (κ2) is 11.1. The number of carbonyl (C=O) groups excluding carboxylic acids is 1. The molecule has 8 nitrogen and oxygen atoms in total. The minimum absolute atomic E-state index is 0.00775. The predicted molar refractivity (Wildman–Crippen MR) is 128 cm³/mol. The standard InChI is InChI=1S/C23H24Cl2FN3O5S/c1-3-33-22(30)15(2)28-11-23(14-34-18-6-4-16(10-27)20(26)9-18)12-29(13-23)35(31,32)21-7-5-17(24)8-19(21)25/h4-9,15,28H,3,11-14H2,1-2H3. The Morgan fingerprint density at radius 1 is 1.29 bits per heavy atom. The monoisotopic (exact) mass is 543 g/mol. The van der Waals surface area contributed by atoms with Gasteiger partial charge in [0.2, 0.25) is 10.0 Å². The number of ether oxygens (including phenoxy) is 2. The number of carbonyl (C=O) groups is 1. The zero-order valence-electron chi connectivity index (χ0n) is 19.1. The number of halogens is 3. The quantitative estimate of drug-likeness (QED) is 0.456. The predicted octanol–water partition coefficient (Wildman–Crippen LogP) is 3.62. The van der Waals surface area contributed by atoms with E-state index in [2.05, 4.69) is 5.32 Å². The van der Waals surface area contributed by atoms with E-state index in [9.17, 15) is 17.6 Å². The second-order valence-electron chi connectivity index (χ2n) is 8.24. The lowest BCUT2D eigenvalue weighted by molar-refractivity contribution is -0.145. The number of rotatable bonds is 10. The highest BCUT2D eigenvalue weighted by Crippen LogP contribution is 2.37. The van der Waals surface area contributed by atoms with Crippen LogP contribution in [0.15, 0.2) is 41.3 Å². The van der Waals surface area contributed by atoms with Crippen LogP contribution >= 0.6 is 23.2 Å². The molecule has 3 rings (SSSR count). The van der Waals surface area contributed by atoms with Crippen molar-refractivity contribution < 1.29 is 27.1 Å². The molecule has 1 fully saturated rings. The van der Waals surface area contributed by atoms with Gasteiger partial charge in [-0.3, -0.25) is 4.79 Å². The molecule has 0 radical (unpaired) electrons. The molecule has 1 aliphatic rings. The van der Waals surface area contributed by atoms with Crippen LogP contribution in [0.1, 0.15) is 19.4 Å². The van der Waals surface area contributed by atoms with E-state index in [1.165, 1.54) is 34.6 Å². The lowest BCUT2D eigenvalue weighted by atomic mass is 9.82. The third kappa shape index (κ3) is 6.23. The Morgan fingerprint density at radius 2 is 2.00 bits per heavy atom. The number of nitrogens with one attached hydrogen (secondary N) is 1.